The van der Waals surface area contributed by atoms with Crippen LogP contribution in [0.25, 0.3) is 0 Å². The molecular formula is C34H45N3O7. The average Bonchev–Trinajstić information content (AvgIpc) is 3.67. The molecule has 0 radical (unpaired) electrons. The zero-order chi connectivity index (χ0) is 31.1. The summed E-state index contributed by atoms with van der Waals surface area (Å²) in [5, 5.41) is 12.4. The van der Waals surface area contributed by atoms with E-state index in [-0.39, 0.29) is 43.3 Å². The molecule has 1 spiro atoms. The number of likely N-dealkylation sites (tertiary alicyclic amines) is 1. The number of aliphatic hydroxyl groups excluding tert-OH is 1. The van der Waals surface area contributed by atoms with Crippen molar-refractivity contribution in [1.82, 2.24) is 15.1 Å². The number of allylic oxidation sites excluding steroid dienone is 1. The standard InChI is InChI=1S/C34H45N3O7/c1-2-3-10-19-36-20-11-5-9-16-27(39)43-23-25(24-14-7-4-8-15-24)35-31(40)28-26-17-18-34(44-26)29(28)32(41)37(30(34)33(36)42)21-12-6-13-22-38/h4-5,7-8,11,14-15,17-18,25-26,28-30,38H,2-3,6,9-10,12-13,16,19-23H2,1H3,(H,35,40)/b11-5-/t25-,26-,28+,29+,30-,34+/m1/s1. The molecule has 4 aliphatic heterocycles. The van der Waals surface area contributed by atoms with E-state index in [4.69, 9.17) is 9.47 Å². The van der Waals surface area contributed by atoms with Crippen LogP contribution in [-0.4, -0.2) is 89.2 Å². The zero-order valence-corrected chi connectivity index (χ0v) is 25.6. The molecule has 2 fully saturated rings. The molecule has 238 valence electrons. The van der Waals surface area contributed by atoms with E-state index in [9.17, 15) is 24.3 Å². The molecule has 3 amide bonds. The molecule has 0 aromatic heterocycles. The van der Waals surface area contributed by atoms with Crippen LogP contribution in [0.15, 0.2) is 54.6 Å². The van der Waals surface area contributed by atoms with Gasteiger partial charge in [-0.1, -0.05) is 74.4 Å². The summed E-state index contributed by atoms with van der Waals surface area (Å²) in [4.78, 5) is 58.8. The van der Waals surface area contributed by atoms with Gasteiger partial charge in [-0.15, -0.1) is 0 Å². The van der Waals surface area contributed by atoms with Gasteiger partial charge in [0.1, 0.15) is 18.2 Å². The van der Waals surface area contributed by atoms with Crippen LogP contribution in [0.4, 0.5) is 0 Å². The molecule has 4 heterocycles. The summed E-state index contributed by atoms with van der Waals surface area (Å²) in [6.45, 7) is 3.33. The summed E-state index contributed by atoms with van der Waals surface area (Å²) in [5.41, 5.74) is -0.465. The number of nitrogens with one attached hydrogen (secondary N) is 1. The molecule has 0 unspecified atom stereocenters. The Labute approximate surface area is 259 Å². The first kappa shape index (κ1) is 31.9. The SMILES string of the molecule is CCCCCN1C/C=C\CCC(=O)OC[C@H](c2ccccc2)NC(=O)[C@@H]2[C@H]3C(=O)N(CCCCCO)[C@H](C1=O)[C@]31C=C[C@H]2O1. The van der Waals surface area contributed by atoms with Crippen molar-refractivity contribution >= 4 is 23.7 Å². The summed E-state index contributed by atoms with van der Waals surface area (Å²) < 4.78 is 12.1. The molecule has 5 bridgehead atoms. The number of cyclic esters (lactones) is 1. The Balaban J connectivity index is 1.51. The number of rotatable bonds is 10. The van der Waals surface area contributed by atoms with Gasteiger partial charge in [0.25, 0.3) is 0 Å². The highest BCUT2D eigenvalue weighted by Gasteiger charge is 2.73. The maximum Gasteiger partial charge on any atom is 0.306 e. The predicted molar refractivity (Wildman–Crippen MR) is 163 cm³/mol. The fraction of sp³-hybridized carbons (Fsp3) is 0.588. The molecule has 6 atom stereocenters. The number of benzene rings is 1. The van der Waals surface area contributed by atoms with Crippen molar-refractivity contribution in [2.45, 2.75) is 82.1 Å². The summed E-state index contributed by atoms with van der Waals surface area (Å²) in [6.07, 6.45) is 12.2. The second kappa shape index (κ2) is 14.5. The highest BCUT2D eigenvalue weighted by molar-refractivity contribution is 6.00. The monoisotopic (exact) mass is 607 g/mol. The van der Waals surface area contributed by atoms with Gasteiger partial charge in [-0.05, 0) is 37.7 Å². The lowest BCUT2D eigenvalue weighted by molar-refractivity contribution is -0.148. The van der Waals surface area contributed by atoms with Crippen molar-refractivity contribution < 1.29 is 33.8 Å². The van der Waals surface area contributed by atoms with Crippen LogP contribution in [0, 0.1) is 11.8 Å². The van der Waals surface area contributed by atoms with Crippen LogP contribution in [0.1, 0.15) is 69.9 Å². The molecular weight excluding hydrogens is 562 g/mol. The smallest absolute Gasteiger partial charge is 0.306 e. The number of esters is 1. The van der Waals surface area contributed by atoms with E-state index < -0.39 is 35.6 Å². The van der Waals surface area contributed by atoms with E-state index in [1.54, 1.807) is 9.80 Å². The van der Waals surface area contributed by atoms with Gasteiger partial charge in [0, 0.05) is 32.7 Å². The van der Waals surface area contributed by atoms with Crippen LogP contribution in [0.5, 0.6) is 0 Å². The average molecular weight is 608 g/mol. The zero-order valence-electron chi connectivity index (χ0n) is 25.6. The number of unbranched alkanes of at least 4 members (excludes halogenated alkanes) is 4. The number of carbonyl (C=O) groups excluding carboxylic acids is 4. The molecule has 44 heavy (non-hydrogen) atoms. The topological polar surface area (TPSA) is 125 Å². The van der Waals surface area contributed by atoms with Crippen molar-refractivity contribution in [3.05, 3.63) is 60.2 Å². The molecule has 2 N–H and O–H groups in total. The summed E-state index contributed by atoms with van der Waals surface area (Å²) >= 11 is 0. The van der Waals surface area contributed by atoms with Gasteiger partial charge < -0.3 is 29.7 Å². The number of fused-ring (bicyclic) bond motifs is 2. The first-order chi connectivity index (χ1) is 21.4. The normalized spacial score (nSPS) is 31.3. The molecule has 4 aliphatic rings. The van der Waals surface area contributed by atoms with Gasteiger partial charge in [-0.25, -0.2) is 0 Å². The lowest BCUT2D eigenvalue weighted by Gasteiger charge is -2.36. The number of hydrogen-bond acceptors (Lipinski definition) is 7. The lowest BCUT2D eigenvalue weighted by atomic mass is 9.74. The van der Waals surface area contributed by atoms with Gasteiger partial charge in [0.15, 0.2) is 0 Å². The van der Waals surface area contributed by atoms with E-state index in [1.165, 1.54) is 0 Å². The van der Waals surface area contributed by atoms with Gasteiger partial charge in [-0.3, -0.25) is 19.2 Å². The number of aliphatic hydroxyl groups is 1. The third-order valence-corrected chi connectivity index (χ3v) is 9.25. The van der Waals surface area contributed by atoms with Gasteiger partial charge in [-0.2, -0.15) is 0 Å². The van der Waals surface area contributed by atoms with E-state index in [1.807, 2.05) is 54.6 Å². The number of amides is 3. The van der Waals surface area contributed by atoms with Crippen molar-refractivity contribution in [2.75, 3.05) is 32.8 Å². The lowest BCUT2D eigenvalue weighted by Crippen LogP contribution is -2.56. The Kier molecular flexibility index (Phi) is 10.5. The minimum absolute atomic E-state index is 0.0422. The van der Waals surface area contributed by atoms with Crippen LogP contribution >= 0.6 is 0 Å². The Morgan fingerprint density at radius 2 is 1.77 bits per heavy atom. The predicted octanol–water partition coefficient (Wildman–Crippen LogP) is 3.07. The number of hydrogen-bond donors (Lipinski definition) is 2. The van der Waals surface area contributed by atoms with Crippen LogP contribution < -0.4 is 5.32 Å². The van der Waals surface area contributed by atoms with Gasteiger partial charge >= 0.3 is 5.97 Å². The van der Waals surface area contributed by atoms with E-state index in [2.05, 4.69) is 12.2 Å². The van der Waals surface area contributed by atoms with Gasteiger partial charge in [0.05, 0.1) is 24.0 Å². The first-order valence-corrected chi connectivity index (χ1v) is 16.1. The molecule has 1 aromatic carbocycles. The molecule has 5 rings (SSSR count). The van der Waals surface area contributed by atoms with E-state index in [0.717, 1.165) is 24.8 Å². The summed E-state index contributed by atoms with van der Waals surface area (Å²) in [6, 6.07) is 7.79. The minimum Gasteiger partial charge on any atom is -0.463 e. The minimum atomic E-state index is -1.24. The van der Waals surface area contributed by atoms with Crippen molar-refractivity contribution in [3.63, 3.8) is 0 Å². The molecule has 0 aliphatic carbocycles. The Morgan fingerprint density at radius 1 is 0.977 bits per heavy atom. The maximum absolute atomic E-state index is 14.5. The molecule has 0 saturated carbocycles. The second-order valence-electron chi connectivity index (χ2n) is 12.2. The Bertz CT molecular complexity index is 1250. The van der Waals surface area contributed by atoms with Gasteiger partial charge in [0.2, 0.25) is 17.7 Å². The third-order valence-electron chi connectivity index (χ3n) is 9.25. The summed E-state index contributed by atoms with van der Waals surface area (Å²) in [7, 11) is 0. The highest BCUT2D eigenvalue weighted by Crippen LogP contribution is 2.55. The molecule has 10 heteroatoms. The fourth-order valence-electron chi connectivity index (χ4n) is 7.02. The van der Waals surface area contributed by atoms with Crippen LogP contribution in [-0.2, 0) is 28.7 Å². The number of carbonyl (C=O) groups is 4. The Hall–Kier alpha value is -3.50. The molecule has 1 aromatic rings. The van der Waals surface area contributed by atoms with Crippen LogP contribution in [0.3, 0.4) is 0 Å². The number of nitrogens with zero attached hydrogens (tertiary/aromatic N) is 2. The Morgan fingerprint density at radius 3 is 2.55 bits per heavy atom. The van der Waals surface area contributed by atoms with Crippen LogP contribution in [0.2, 0.25) is 0 Å². The maximum atomic E-state index is 14.5. The fourth-order valence-corrected chi connectivity index (χ4v) is 7.02. The second-order valence-corrected chi connectivity index (χ2v) is 12.2. The van der Waals surface area contributed by atoms with Crippen molar-refractivity contribution in [3.8, 4) is 0 Å². The molecule has 2 saturated heterocycles. The van der Waals surface area contributed by atoms with Crippen molar-refractivity contribution in [2.24, 2.45) is 11.8 Å². The van der Waals surface area contributed by atoms with E-state index >= 15 is 0 Å². The highest BCUT2D eigenvalue weighted by atomic mass is 16.5. The summed E-state index contributed by atoms with van der Waals surface area (Å²) in [5.74, 6) is -2.89. The quantitative estimate of drug-likeness (QED) is 0.238. The first-order valence-electron chi connectivity index (χ1n) is 16.1. The van der Waals surface area contributed by atoms with Crippen molar-refractivity contribution in [1.29, 1.82) is 0 Å². The largest absolute Gasteiger partial charge is 0.463 e. The molecule has 10 nitrogen and oxygen atoms in total. The third kappa shape index (κ3) is 6.47. The van der Waals surface area contributed by atoms with E-state index in [0.29, 0.717) is 45.3 Å². The number of ether oxygens (including phenoxy) is 2.